The standard InChI is InChI=1S/C10H11Cl2N/c11-9-1-2-10(12)8-4-6-13-5-3-7(8)9/h1-2,13H,3-6H2. The molecule has 0 aromatic heterocycles. The first kappa shape index (κ1) is 9.32. The van der Waals surface area contributed by atoms with Crippen LogP contribution in [0.4, 0.5) is 0 Å². The Labute approximate surface area is 88.0 Å². The fourth-order valence-corrected chi connectivity index (χ4v) is 2.27. The van der Waals surface area contributed by atoms with Gasteiger partial charge in [-0.3, -0.25) is 0 Å². The Hall–Kier alpha value is -0.240. The minimum atomic E-state index is 0.850. The molecule has 0 fully saturated rings. The van der Waals surface area contributed by atoms with Crippen molar-refractivity contribution in [1.29, 1.82) is 0 Å². The molecule has 1 aliphatic heterocycles. The molecule has 13 heavy (non-hydrogen) atoms. The predicted octanol–water partition coefficient (Wildman–Crippen LogP) is 2.68. The van der Waals surface area contributed by atoms with Crippen molar-refractivity contribution in [2.75, 3.05) is 13.1 Å². The van der Waals surface area contributed by atoms with Crippen LogP contribution in [0.15, 0.2) is 12.1 Å². The van der Waals surface area contributed by atoms with Crippen molar-refractivity contribution in [2.45, 2.75) is 12.8 Å². The zero-order chi connectivity index (χ0) is 9.26. The van der Waals surface area contributed by atoms with Crippen LogP contribution in [0.3, 0.4) is 0 Å². The lowest BCUT2D eigenvalue weighted by Gasteiger charge is -2.08. The Morgan fingerprint density at radius 1 is 0.923 bits per heavy atom. The lowest BCUT2D eigenvalue weighted by molar-refractivity contribution is 0.711. The smallest absolute Gasteiger partial charge is 0.0442 e. The number of rotatable bonds is 0. The number of hydrogen-bond donors (Lipinski definition) is 1. The topological polar surface area (TPSA) is 12.0 Å². The van der Waals surface area contributed by atoms with E-state index in [0.717, 1.165) is 36.0 Å². The van der Waals surface area contributed by atoms with Crippen molar-refractivity contribution in [1.82, 2.24) is 5.32 Å². The normalized spacial score (nSPS) is 16.5. The quantitative estimate of drug-likeness (QED) is 0.703. The highest BCUT2D eigenvalue weighted by molar-refractivity contribution is 6.34. The van der Waals surface area contributed by atoms with Gasteiger partial charge in [0.1, 0.15) is 0 Å². The molecule has 0 saturated heterocycles. The van der Waals surface area contributed by atoms with Gasteiger partial charge in [0, 0.05) is 10.0 Å². The van der Waals surface area contributed by atoms with E-state index in [9.17, 15) is 0 Å². The van der Waals surface area contributed by atoms with Gasteiger partial charge in [0.05, 0.1) is 0 Å². The van der Waals surface area contributed by atoms with Gasteiger partial charge in [-0.1, -0.05) is 23.2 Å². The summed E-state index contributed by atoms with van der Waals surface area (Å²) in [6.45, 7) is 1.99. The molecule has 1 aromatic rings. The summed E-state index contributed by atoms with van der Waals surface area (Å²) in [7, 11) is 0. The predicted molar refractivity (Wildman–Crippen MR) is 56.7 cm³/mol. The van der Waals surface area contributed by atoms with Crippen LogP contribution < -0.4 is 5.32 Å². The molecular weight excluding hydrogens is 205 g/mol. The van der Waals surface area contributed by atoms with Crippen LogP contribution in [0.2, 0.25) is 10.0 Å². The SMILES string of the molecule is Clc1ccc(Cl)c2c1CCNCC2. The van der Waals surface area contributed by atoms with Crippen molar-refractivity contribution in [2.24, 2.45) is 0 Å². The van der Waals surface area contributed by atoms with E-state index in [4.69, 9.17) is 23.2 Å². The molecular formula is C10H11Cl2N. The number of nitrogens with one attached hydrogen (secondary N) is 1. The first-order valence-corrected chi connectivity index (χ1v) is 5.21. The Bertz CT molecular complexity index is 292. The van der Waals surface area contributed by atoms with Crippen molar-refractivity contribution in [3.63, 3.8) is 0 Å². The van der Waals surface area contributed by atoms with Gasteiger partial charge in [-0.05, 0) is 49.2 Å². The van der Waals surface area contributed by atoms with Crippen LogP contribution in [0.25, 0.3) is 0 Å². The number of benzene rings is 1. The fourth-order valence-electron chi connectivity index (χ4n) is 1.73. The first-order valence-electron chi connectivity index (χ1n) is 4.45. The van der Waals surface area contributed by atoms with E-state index >= 15 is 0 Å². The third-order valence-electron chi connectivity index (χ3n) is 2.42. The second kappa shape index (κ2) is 3.87. The van der Waals surface area contributed by atoms with Gasteiger partial charge in [-0.15, -0.1) is 0 Å². The molecule has 70 valence electrons. The van der Waals surface area contributed by atoms with Crippen molar-refractivity contribution in [3.8, 4) is 0 Å². The summed E-state index contributed by atoms with van der Waals surface area (Å²) in [5, 5.41) is 5.03. The van der Waals surface area contributed by atoms with Crippen LogP contribution >= 0.6 is 23.2 Å². The van der Waals surface area contributed by atoms with E-state index in [0.29, 0.717) is 0 Å². The van der Waals surface area contributed by atoms with Crippen molar-refractivity contribution < 1.29 is 0 Å². The molecule has 1 aliphatic rings. The molecule has 1 aromatic carbocycles. The Morgan fingerprint density at radius 3 is 1.85 bits per heavy atom. The molecule has 0 atom stereocenters. The minimum Gasteiger partial charge on any atom is -0.316 e. The number of fused-ring (bicyclic) bond motifs is 1. The van der Waals surface area contributed by atoms with Crippen LogP contribution in [0.1, 0.15) is 11.1 Å². The maximum absolute atomic E-state index is 6.10. The van der Waals surface area contributed by atoms with Gasteiger partial charge in [0.15, 0.2) is 0 Å². The summed E-state index contributed by atoms with van der Waals surface area (Å²) in [4.78, 5) is 0. The maximum atomic E-state index is 6.10. The van der Waals surface area contributed by atoms with Crippen LogP contribution in [-0.4, -0.2) is 13.1 Å². The highest BCUT2D eigenvalue weighted by atomic mass is 35.5. The first-order chi connectivity index (χ1) is 6.29. The van der Waals surface area contributed by atoms with Gasteiger partial charge in [-0.2, -0.15) is 0 Å². The number of hydrogen-bond acceptors (Lipinski definition) is 1. The summed E-state index contributed by atoms with van der Waals surface area (Å²) in [6.07, 6.45) is 1.96. The molecule has 0 aliphatic carbocycles. The fraction of sp³-hybridized carbons (Fsp3) is 0.400. The molecule has 0 radical (unpaired) electrons. The summed E-state index contributed by atoms with van der Waals surface area (Å²) in [6, 6.07) is 3.77. The zero-order valence-electron chi connectivity index (χ0n) is 7.24. The summed E-state index contributed by atoms with van der Waals surface area (Å²) >= 11 is 12.2. The van der Waals surface area contributed by atoms with Gasteiger partial charge in [0.2, 0.25) is 0 Å². The van der Waals surface area contributed by atoms with Crippen LogP contribution in [0.5, 0.6) is 0 Å². The van der Waals surface area contributed by atoms with Crippen LogP contribution in [-0.2, 0) is 12.8 Å². The van der Waals surface area contributed by atoms with E-state index in [1.807, 2.05) is 12.1 Å². The second-order valence-electron chi connectivity index (χ2n) is 3.24. The van der Waals surface area contributed by atoms with E-state index in [2.05, 4.69) is 5.32 Å². The third-order valence-corrected chi connectivity index (χ3v) is 3.13. The molecule has 0 bridgehead atoms. The highest BCUT2D eigenvalue weighted by Gasteiger charge is 2.13. The molecule has 0 spiro atoms. The zero-order valence-corrected chi connectivity index (χ0v) is 8.75. The van der Waals surface area contributed by atoms with Crippen molar-refractivity contribution >= 4 is 23.2 Å². The third kappa shape index (κ3) is 1.83. The Morgan fingerprint density at radius 2 is 1.38 bits per heavy atom. The average Bonchev–Trinajstić information content (AvgIpc) is 2.37. The molecule has 2 rings (SSSR count). The molecule has 1 nitrogen and oxygen atoms in total. The van der Waals surface area contributed by atoms with Gasteiger partial charge < -0.3 is 5.32 Å². The van der Waals surface area contributed by atoms with Gasteiger partial charge in [0.25, 0.3) is 0 Å². The minimum absolute atomic E-state index is 0.850. The molecule has 1 N–H and O–H groups in total. The molecule has 0 unspecified atom stereocenters. The maximum Gasteiger partial charge on any atom is 0.0442 e. The summed E-state index contributed by atoms with van der Waals surface area (Å²) < 4.78 is 0. The lowest BCUT2D eigenvalue weighted by atomic mass is 10.0. The second-order valence-corrected chi connectivity index (χ2v) is 4.05. The van der Waals surface area contributed by atoms with Crippen molar-refractivity contribution in [3.05, 3.63) is 33.3 Å². The molecule has 0 saturated carbocycles. The summed E-state index contributed by atoms with van der Waals surface area (Å²) in [5.74, 6) is 0. The van der Waals surface area contributed by atoms with E-state index in [1.165, 1.54) is 11.1 Å². The van der Waals surface area contributed by atoms with E-state index < -0.39 is 0 Å². The largest absolute Gasteiger partial charge is 0.316 e. The Balaban J connectivity index is 2.50. The van der Waals surface area contributed by atoms with E-state index in [-0.39, 0.29) is 0 Å². The highest BCUT2D eigenvalue weighted by Crippen LogP contribution is 2.28. The lowest BCUT2D eigenvalue weighted by Crippen LogP contribution is -2.16. The number of halogens is 2. The van der Waals surface area contributed by atoms with Gasteiger partial charge in [-0.25, -0.2) is 0 Å². The average molecular weight is 216 g/mol. The summed E-state index contributed by atoms with van der Waals surface area (Å²) in [5.41, 5.74) is 2.44. The molecule has 1 heterocycles. The molecule has 0 amide bonds. The Kier molecular flexibility index (Phi) is 2.77. The van der Waals surface area contributed by atoms with Gasteiger partial charge >= 0.3 is 0 Å². The monoisotopic (exact) mass is 215 g/mol. The van der Waals surface area contributed by atoms with Crippen LogP contribution in [0, 0.1) is 0 Å². The van der Waals surface area contributed by atoms with E-state index in [1.54, 1.807) is 0 Å². The molecule has 3 heteroatoms.